The topological polar surface area (TPSA) is 9.23 Å². The average Bonchev–Trinajstić information content (AvgIpc) is 1.64. The van der Waals surface area contributed by atoms with E-state index in [1.165, 1.54) is 0 Å². The summed E-state index contributed by atoms with van der Waals surface area (Å²) in [5.41, 5.74) is -4.13. The van der Waals surface area contributed by atoms with Gasteiger partial charge in [-0.15, -0.1) is 7.77 Å². The summed E-state index contributed by atoms with van der Waals surface area (Å²) in [6.45, 7) is 0. The van der Waals surface area contributed by atoms with Crippen LogP contribution in [0.25, 0.3) is 0 Å². The van der Waals surface area contributed by atoms with Gasteiger partial charge in [-0.25, -0.2) is 0 Å². The third-order valence-corrected chi connectivity index (χ3v) is 1.95. The van der Waals surface area contributed by atoms with Crippen LogP contribution >= 0.6 is 10.8 Å². The maximum Gasteiger partial charge on any atom is 0.446 e. The molecule has 0 spiro atoms. The zero-order valence-electron chi connectivity index (χ0n) is 3.54. The molecule has 0 amide bonds. The van der Waals surface area contributed by atoms with E-state index in [1.807, 2.05) is 0 Å². The molecule has 0 aromatic heterocycles. The fourth-order valence-corrected chi connectivity index (χ4v) is 0.711. The van der Waals surface area contributed by atoms with Crippen LogP contribution in [0.5, 0.6) is 0 Å². The van der Waals surface area contributed by atoms with Crippen molar-refractivity contribution in [1.29, 1.82) is 0 Å². The molecule has 1 rings (SSSR count). The van der Waals surface area contributed by atoms with Gasteiger partial charge in [0.1, 0.15) is 5.94 Å². The number of ether oxygens (including phenoxy) is 1. The quantitative estimate of drug-likeness (QED) is 0.480. The Morgan fingerprint density at radius 3 is 1.75 bits per heavy atom. The van der Waals surface area contributed by atoms with Crippen LogP contribution in [0.1, 0.15) is 0 Å². The van der Waals surface area contributed by atoms with Crippen LogP contribution in [0.4, 0.5) is 16.6 Å². The van der Waals surface area contributed by atoms with Crippen molar-refractivity contribution in [2.75, 3.05) is 5.94 Å². The Morgan fingerprint density at radius 1 is 1.38 bits per heavy atom. The zero-order chi connectivity index (χ0) is 6.41. The highest BCUT2D eigenvalue weighted by atomic mass is 32.3. The molecule has 1 fully saturated rings. The first-order chi connectivity index (χ1) is 3.46. The molecule has 0 aromatic rings. The highest BCUT2D eigenvalue weighted by Crippen LogP contribution is 2.71. The Morgan fingerprint density at radius 2 is 1.75 bits per heavy atom. The van der Waals surface area contributed by atoms with Crippen LogP contribution < -0.4 is 0 Å². The van der Waals surface area contributed by atoms with Gasteiger partial charge in [-0.05, 0) is 0 Å². The lowest BCUT2D eigenvalue weighted by atomic mass is 11.3. The summed E-state index contributed by atoms with van der Waals surface area (Å²) >= 11 is 0. The minimum absolute atomic E-state index is 1.08. The molecule has 0 unspecified atom stereocenters. The number of rotatable bonds is 0. The van der Waals surface area contributed by atoms with Crippen molar-refractivity contribution in [2.45, 2.75) is 5.44 Å². The summed E-state index contributed by atoms with van der Waals surface area (Å²) in [5.74, 6) is -1.08. The van der Waals surface area contributed by atoms with Crippen molar-refractivity contribution >= 4 is 10.8 Å². The van der Waals surface area contributed by atoms with E-state index in [1.54, 1.807) is 0 Å². The maximum atomic E-state index is 11.5. The van der Waals surface area contributed by atoms with Gasteiger partial charge in [0.15, 0.2) is 10.8 Å². The molecule has 0 aliphatic carbocycles. The van der Waals surface area contributed by atoms with Crippen molar-refractivity contribution in [2.24, 2.45) is 0 Å². The fraction of sp³-hybridized carbons (Fsp3) is 1.00. The summed E-state index contributed by atoms with van der Waals surface area (Å²) in [6.07, 6.45) is 0. The van der Waals surface area contributed by atoms with Gasteiger partial charge in [0.05, 0.1) is 0 Å². The molecule has 0 bridgehead atoms. The van der Waals surface area contributed by atoms with E-state index in [0.717, 1.165) is 0 Å². The standard InChI is InChI=1S/C2H2F4OS/c3-2(4)7-1-8(2,5)6/h1H2. The molecule has 50 valence electrons. The molecule has 1 aliphatic heterocycles. The van der Waals surface area contributed by atoms with E-state index in [2.05, 4.69) is 4.74 Å². The second-order valence-corrected chi connectivity index (χ2v) is 3.16. The zero-order valence-corrected chi connectivity index (χ0v) is 4.35. The lowest BCUT2D eigenvalue weighted by Crippen LogP contribution is -2.37. The molecule has 0 saturated carbocycles. The van der Waals surface area contributed by atoms with Crippen LogP contribution in [-0.4, -0.2) is 11.4 Å². The largest absolute Gasteiger partial charge is 0.446 e. The minimum Gasteiger partial charge on any atom is -0.294 e. The predicted molar refractivity (Wildman–Crippen MR) is 20.7 cm³/mol. The minimum atomic E-state index is -4.72. The molecule has 1 aliphatic rings. The van der Waals surface area contributed by atoms with E-state index in [0.29, 0.717) is 0 Å². The Bertz CT molecular complexity index is 98.6. The third-order valence-electron chi connectivity index (χ3n) is 0.723. The highest BCUT2D eigenvalue weighted by molar-refractivity contribution is 8.26. The van der Waals surface area contributed by atoms with Gasteiger partial charge < -0.3 is 0 Å². The van der Waals surface area contributed by atoms with Crippen LogP contribution in [0.3, 0.4) is 0 Å². The van der Waals surface area contributed by atoms with Crippen molar-refractivity contribution in [1.82, 2.24) is 0 Å². The Balaban J connectivity index is 2.63. The molecule has 0 radical (unpaired) electrons. The van der Waals surface area contributed by atoms with E-state index in [9.17, 15) is 16.6 Å². The molecule has 8 heavy (non-hydrogen) atoms. The van der Waals surface area contributed by atoms with Crippen LogP contribution in [-0.2, 0) is 4.74 Å². The summed E-state index contributed by atoms with van der Waals surface area (Å²) < 4.78 is 49.1. The first-order valence-electron chi connectivity index (χ1n) is 1.67. The second-order valence-electron chi connectivity index (χ2n) is 1.30. The van der Waals surface area contributed by atoms with Gasteiger partial charge in [-0.2, -0.15) is 8.78 Å². The molecule has 0 atom stereocenters. The van der Waals surface area contributed by atoms with E-state index in [4.69, 9.17) is 0 Å². The first-order valence-corrected chi connectivity index (χ1v) is 3.27. The molecule has 0 aromatic carbocycles. The van der Waals surface area contributed by atoms with Gasteiger partial charge in [0.2, 0.25) is 0 Å². The fourth-order valence-electron chi connectivity index (χ4n) is 0.237. The Kier molecular flexibility index (Phi) is 0.999. The molecule has 0 N–H and O–H groups in total. The lowest BCUT2D eigenvalue weighted by molar-refractivity contribution is -0.192. The molecule has 1 nitrogen and oxygen atoms in total. The smallest absolute Gasteiger partial charge is 0.294 e. The van der Waals surface area contributed by atoms with Crippen LogP contribution in [0, 0.1) is 0 Å². The van der Waals surface area contributed by atoms with Gasteiger partial charge in [-0.1, -0.05) is 0 Å². The molecule has 1 saturated heterocycles. The van der Waals surface area contributed by atoms with Crippen molar-refractivity contribution in [3.05, 3.63) is 0 Å². The van der Waals surface area contributed by atoms with Crippen molar-refractivity contribution in [3.63, 3.8) is 0 Å². The highest BCUT2D eigenvalue weighted by Gasteiger charge is 2.63. The van der Waals surface area contributed by atoms with E-state index < -0.39 is 22.2 Å². The summed E-state index contributed by atoms with van der Waals surface area (Å²) in [5, 5.41) is 0. The maximum absolute atomic E-state index is 11.5. The van der Waals surface area contributed by atoms with Crippen molar-refractivity contribution in [3.8, 4) is 0 Å². The molecular weight excluding hydrogens is 148 g/mol. The normalized spacial score (nSPS) is 35.5. The summed E-state index contributed by atoms with van der Waals surface area (Å²) in [7, 11) is -4.72. The Labute approximate surface area is 44.5 Å². The van der Waals surface area contributed by atoms with Gasteiger partial charge in [-0.3, -0.25) is 4.74 Å². The number of hydrogen-bond acceptors (Lipinski definition) is 1. The van der Waals surface area contributed by atoms with Crippen LogP contribution in [0.15, 0.2) is 0 Å². The monoisotopic (exact) mass is 150 g/mol. The van der Waals surface area contributed by atoms with Gasteiger partial charge in [0.25, 0.3) is 0 Å². The van der Waals surface area contributed by atoms with Gasteiger partial charge in [0, 0.05) is 0 Å². The Hall–Kier alpha value is 0.0300. The predicted octanol–water partition coefficient (Wildman–Crippen LogP) is 2.10. The lowest BCUT2D eigenvalue weighted by Gasteiger charge is -2.37. The van der Waals surface area contributed by atoms with Crippen molar-refractivity contribution < 1.29 is 21.3 Å². The second kappa shape index (κ2) is 1.30. The van der Waals surface area contributed by atoms with Gasteiger partial charge >= 0.3 is 5.44 Å². The van der Waals surface area contributed by atoms with Crippen LogP contribution in [0.2, 0.25) is 0 Å². The summed E-state index contributed by atoms with van der Waals surface area (Å²) in [6, 6.07) is 0. The molecule has 1 heterocycles. The number of halogens is 4. The summed E-state index contributed by atoms with van der Waals surface area (Å²) in [4.78, 5) is 0. The number of alkyl halides is 2. The van der Waals surface area contributed by atoms with E-state index >= 15 is 0 Å². The number of hydrogen-bond donors (Lipinski definition) is 0. The third kappa shape index (κ3) is 0.594. The molecular formula is C2H2F4OS. The molecule has 6 heteroatoms. The first kappa shape index (κ1) is 6.15. The SMILES string of the molecule is FC1(F)OCS1(F)F. The van der Waals surface area contributed by atoms with E-state index in [-0.39, 0.29) is 0 Å². The average molecular weight is 150 g/mol.